The van der Waals surface area contributed by atoms with Gasteiger partial charge >= 0.3 is 5.97 Å². The summed E-state index contributed by atoms with van der Waals surface area (Å²) in [5.74, 6) is -1.73. The number of carbonyl (C=O) groups is 4. The van der Waals surface area contributed by atoms with Crippen molar-refractivity contribution < 1.29 is 65.7 Å². The van der Waals surface area contributed by atoms with E-state index in [0.717, 1.165) is 70.1 Å². The molecule has 2 aromatic carbocycles. The maximum absolute atomic E-state index is 12.4. The average molecular weight is 916 g/mol. The third kappa shape index (κ3) is 12.6. The number of allylic oxidation sites excluding steroid dienone is 4. The Morgan fingerprint density at radius 1 is 0.905 bits per heavy atom. The highest BCUT2D eigenvalue weighted by molar-refractivity contribution is 7.94. The SMILES string of the molecule is COCCOCCNC(=O)CCCCC[N+]1=C(C=CC=C2N(CCCCCC(=O)ON3C(=O)CCC3=O)c3ccc(S(=O)(=O)O)cc3C2(C)C)C(C)(C)c2cc(SOOO)ccc21. The van der Waals surface area contributed by atoms with Crippen LogP contribution in [0.1, 0.15) is 103 Å². The predicted octanol–water partition coefficient (Wildman–Crippen LogP) is 6.48. The number of unbranched alkanes of at least 4 members (excludes halogenated alkanes) is 4. The van der Waals surface area contributed by atoms with E-state index in [1.165, 1.54) is 12.1 Å². The van der Waals surface area contributed by atoms with E-state index in [-0.39, 0.29) is 30.1 Å². The van der Waals surface area contributed by atoms with Crippen molar-refractivity contribution in [1.29, 1.82) is 0 Å². The zero-order chi connectivity index (χ0) is 45.8. The Morgan fingerprint density at radius 3 is 2.35 bits per heavy atom. The van der Waals surface area contributed by atoms with Crippen molar-refractivity contribution >= 4 is 62.9 Å². The van der Waals surface area contributed by atoms with E-state index in [1.54, 1.807) is 13.2 Å². The molecule has 0 aliphatic carbocycles. The molecular formula is C44H59N4O13S2+. The third-order valence-corrected chi connectivity index (χ3v) is 12.9. The van der Waals surface area contributed by atoms with E-state index in [0.29, 0.717) is 70.2 Å². The molecule has 344 valence electrons. The van der Waals surface area contributed by atoms with Crippen molar-refractivity contribution in [3.8, 4) is 0 Å². The van der Waals surface area contributed by atoms with Gasteiger partial charge in [0.25, 0.3) is 21.9 Å². The van der Waals surface area contributed by atoms with Gasteiger partial charge in [-0.1, -0.05) is 31.4 Å². The standard InChI is InChI=1S/C44H58N4O13S2/c1-43(2)33-29-31(62-61-60-53)17-19-35(33)46(24-10-6-8-15-39(49)45-23-26-58-28-27-57-5)37(43)13-12-14-38-44(3,4)34-30-32(63(54,55)56)18-20-36(34)47(38)25-11-7-9-16-42(52)59-48-40(50)21-22-41(48)51/h12-14,17-20,29-30H,6-11,15-16,21-28H2,1-5H3,(H2-,45,49,53,54,55,56)/p+1. The summed E-state index contributed by atoms with van der Waals surface area (Å²) in [6.45, 7) is 11.3. The number of fused-ring (bicyclic) bond motifs is 2. The second-order valence-corrected chi connectivity index (χ2v) is 18.7. The molecule has 17 nitrogen and oxygen atoms in total. The van der Waals surface area contributed by atoms with Crippen LogP contribution in [-0.2, 0) is 63.8 Å². The lowest BCUT2D eigenvalue weighted by Crippen LogP contribution is -2.32. The van der Waals surface area contributed by atoms with Crippen LogP contribution in [0.5, 0.6) is 0 Å². The molecule has 3 aliphatic heterocycles. The van der Waals surface area contributed by atoms with Crippen LogP contribution in [0.2, 0.25) is 0 Å². The van der Waals surface area contributed by atoms with Crippen LogP contribution in [-0.4, -0.2) is 104 Å². The molecule has 0 atom stereocenters. The number of imide groups is 1. The normalized spacial score (nSPS) is 17.3. The van der Waals surface area contributed by atoms with Crippen molar-refractivity contribution in [2.45, 2.75) is 113 Å². The molecule has 1 fully saturated rings. The molecular weight excluding hydrogens is 857 g/mol. The fraction of sp³-hybridized carbons (Fsp3) is 0.523. The van der Waals surface area contributed by atoms with Crippen LogP contribution < -0.4 is 10.2 Å². The van der Waals surface area contributed by atoms with Crippen LogP contribution in [0.25, 0.3) is 0 Å². The quantitative estimate of drug-likeness (QED) is 0.0185. The van der Waals surface area contributed by atoms with Crippen LogP contribution >= 0.6 is 12.0 Å². The lowest BCUT2D eigenvalue weighted by molar-refractivity contribution is -0.438. The molecule has 0 bridgehead atoms. The molecule has 19 heteroatoms. The van der Waals surface area contributed by atoms with E-state index in [4.69, 9.17) is 23.9 Å². The van der Waals surface area contributed by atoms with Crippen molar-refractivity contribution in [2.24, 2.45) is 0 Å². The van der Waals surface area contributed by atoms with Gasteiger partial charge in [0.2, 0.25) is 11.6 Å². The van der Waals surface area contributed by atoms with E-state index < -0.39 is 38.7 Å². The van der Waals surface area contributed by atoms with Gasteiger partial charge in [-0.05, 0) is 81.5 Å². The number of carbonyl (C=O) groups excluding carboxylic acids is 4. The number of anilines is 1. The summed E-state index contributed by atoms with van der Waals surface area (Å²) in [4.78, 5) is 56.2. The lowest BCUT2D eigenvalue weighted by Gasteiger charge is -2.27. The number of nitrogens with one attached hydrogen (secondary N) is 1. The number of rotatable bonds is 25. The van der Waals surface area contributed by atoms with Gasteiger partial charge in [0.15, 0.2) is 5.71 Å². The molecule has 1 saturated heterocycles. The molecule has 3 N–H and O–H groups in total. The Hall–Kier alpha value is -4.47. The molecule has 3 aliphatic rings. The fourth-order valence-electron chi connectivity index (χ4n) is 8.14. The minimum atomic E-state index is -4.47. The molecule has 0 saturated carbocycles. The highest BCUT2D eigenvalue weighted by Gasteiger charge is 2.45. The van der Waals surface area contributed by atoms with Crippen molar-refractivity contribution in [1.82, 2.24) is 10.4 Å². The monoisotopic (exact) mass is 915 g/mol. The highest BCUT2D eigenvalue weighted by Crippen LogP contribution is 2.49. The number of hydrogen-bond acceptors (Lipinski definition) is 14. The van der Waals surface area contributed by atoms with Gasteiger partial charge in [-0.3, -0.25) is 18.9 Å². The predicted molar refractivity (Wildman–Crippen MR) is 234 cm³/mol. The van der Waals surface area contributed by atoms with Crippen molar-refractivity contribution in [3.63, 3.8) is 0 Å². The summed E-state index contributed by atoms with van der Waals surface area (Å²) in [7, 11) is -2.86. The van der Waals surface area contributed by atoms with Crippen molar-refractivity contribution in [2.75, 3.05) is 51.5 Å². The molecule has 3 amide bonds. The minimum Gasteiger partial charge on any atom is -0.382 e. The Labute approximate surface area is 373 Å². The number of ether oxygens (including phenoxy) is 2. The van der Waals surface area contributed by atoms with E-state index in [9.17, 15) is 32.1 Å². The fourth-order valence-corrected chi connectivity index (χ4v) is 9.04. The van der Waals surface area contributed by atoms with Gasteiger partial charge < -0.3 is 24.5 Å². The molecule has 0 aromatic heterocycles. The van der Waals surface area contributed by atoms with Crippen LogP contribution in [0.4, 0.5) is 11.4 Å². The number of hydrogen-bond donors (Lipinski definition) is 3. The minimum absolute atomic E-state index is 0.0179. The first kappa shape index (κ1) is 49.5. The smallest absolute Gasteiger partial charge is 0.333 e. The summed E-state index contributed by atoms with van der Waals surface area (Å²) in [5.41, 5.74) is 4.36. The van der Waals surface area contributed by atoms with Crippen molar-refractivity contribution in [3.05, 3.63) is 71.5 Å². The summed E-state index contributed by atoms with van der Waals surface area (Å²) in [6.07, 6.45) is 10.7. The van der Waals surface area contributed by atoms with Gasteiger partial charge in [-0.25, -0.2) is 10.1 Å². The number of nitrogens with zero attached hydrogens (tertiary/aromatic N) is 3. The summed E-state index contributed by atoms with van der Waals surface area (Å²) in [6, 6.07) is 10.5. The van der Waals surface area contributed by atoms with Gasteiger partial charge in [0.05, 0.1) is 42.2 Å². The number of benzene rings is 2. The zero-order valence-corrected chi connectivity index (χ0v) is 38.2. The zero-order valence-electron chi connectivity index (χ0n) is 36.6. The van der Waals surface area contributed by atoms with Gasteiger partial charge in [0.1, 0.15) is 6.54 Å². The first-order valence-corrected chi connectivity index (χ1v) is 23.3. The third-order valence-electron chi connectivity index (χ3n) is 11.4. The first-order chi connectivity index (χ1) is 30.0. The average Bonchev–Trinajstić information content (AvgIpc) is 3.75. The first-order valence-electron chi connectivity index (χ1n) is 21.1. The van der Waals surface area contributed by atoms with E-state index in [1.807, 2.05) is 44.2 Å². The van der Waals surface area contributed by atoms with Gasteiger partial charge in [-0.2, -0.15) is 13.0 Å². The van der Waals surface area contributed by atoms with Crippen LogP contribution in [0, 0.1) is 0 Å². The molecule has 0 spiro atoms. The number of methoxy groups -OCH3 is 1. The molecule has 63 heavy (non-hydrogen) atoms. The largest absolute Gasteiger partial charge is 0.382 e. The number of amides is 3. The maximum atomic E-state index is 12.4. The Kier molecular flexibility index (Phi) is 17.6. The second-order valence-electron chi connectivity index (χ2n) is 16.5. The summed E-state index contributed by atoms with van der Waals surface area (Å²) >= 11 is 0.888. The molecule has 3 heterocycles. The van der Waals surface area contributed by atoms with Crippen LogP contribution in [0.15, 0.2) is 70.1 Å². The Morgan fingerprint density at radius 2 is 1.63 bits per heavy atom. The molecule has 5 rings (SSSR count). The second kappa shape index (κ2) is 22.4. The topological polar surface area (TPSA) is 211 Å². The van der Waals surface area contributed by atoms with Crippen LogP contribution in [0.3, 0.4) is 0 Å². The number of hydroxylamine groups is 2. The molecule has 0 unspecified atom stereocenters. The Bertz CT molecular complexity index is 2190. The lowest BCUT2D eigenvalue weighted by atomic mass is 9.81. The molecule has 2 aromatic rings. The summed E-state index contributed by atoms with van der Waals surface area (Å²) < 4.78 is 51.8. The molecule has 0 radical (unpaired) electrons. The van der Waals surface area contributed by atoms with E-state index in [2.05, 4.69) is 39.8 Å². The van der Waals surface area contributed by atoms with Gasteiger partial charge in [0, 0.05) is 91.7 Å². The highest BCUT2D eigenvalue weighted by atomic mass is 32.2. The maximum Gasteiger partial charge on any atom is 0.333 e. The summed E-state index contributed by atoms with van der Waals surface area (Å²) in [5, 5.41) is 16.1. The Balaban J connectivity index is 1.34. The van der Waals surface area contributed by atoms with Gasteiger partial charge in [-0.15, -0.1) is 9.40 Å². The van der Waals surface area contributed by atoms with E-state index >= 15 is 0 Å².